The number of para-hydroxylation sites is 1. The number of carbonyl (C=O) groups excluding carboxylic acids is 1. The third-order valence-corrected chi connectivity index (χ3v) is 7.36. The number of nitrogens with zero attached hydrogens (tertiary/aromatic N) is 4. The number of carbonyl (C=O) groups is 1. The molecular formula is C21H30N4O3S. The smallest absolute Gasteiger partial charge is 0.225 e. The van der Waals surface area contributed by atoms with Crippen LogP contribution in [0, 0.1) is 5.92 Å². The van der Waals surface area contributed by atoms with Crippen molar-refractivity contribution in [2.24, 2.45) is 5.92 Å². The molecule has 1 amide bonds. The first-order valence-electron chi connectivity index (χ1n) is 10.2. The molecule has 0 N–H and O–H groups in total. The van der Waals surface area contributed by atoms with Crippen molar-refractivity contribution in [2.75, 3.05) is 25.9 Å². The maximum absolute atomic E-state index is 12.8. The number of benzene rings is 1. The predicted octanol–water partition coefficient (Wildman–Crippen LogP) is 2.67. The van der Waals surface area contributed by atoms with Crippen molar-refractivity contribution in [3.63, 3.8) is 0 Å². The largest absolute Gasteiger partial charge is 0.341 e. The molecular weight excluding hydrogens is 388 g/mol. The average Bonchev–Trinajstić information content (AvgIpc) is 3.21. The van der Waals surface area contributed by atoms with E-state index in [4.69, 9.17) is 0 Å². The zero-order valence-corrected chi connectivity index (χ0v) is 18.0. The van der Waals surface area contributed by atoms with Crippen LogP contribution in [0.15, 0.2) is 42.7 Å². The van der Waals surface area contributed by atoms with Gasteiger partial charge in [0.1, 0.15) is 0 Å². The summed E-state index contributed by atoms with van der Waals surface area (Å²) >= 11 is 0. The summed E-state index contributed by atoms with van der Waals surface area (Å²) in [6.07, 6.45) is 6.41. The fourth-order valence-electron chi connectivity index (χ4n) is 3.66. The van der Waals surface area contributed by atoms with Crippen LogP contribution in [0.4, 0.5) is 0 Å². The Morgan fingerprint density at radius 1 is 1.21 bits per heavy atom. The fourth-order valence-corrected chi connectivity index (χ4v) is 5.34. The van der Waals surface area contributed by atoms with Gasteiger partial charge in [0.2, 0.25) is 15.9 Å². The van der Waals surface area contributed by atoms with Crippen LogP contribution < -0.4 is 0 Å². The highest BCUT2D eigenvalue weighted by Crippen LogP contribution is 2.23. The molecule has 1 aromatic heterocycles. The zero-order chi connectivity index (χ0) is 20.9. The summed E-state index contributed by atoms with van der Waals surface area (Å²) in [6, 6.07) is 9.84. The van der Waals surface area contributed by atoms with Gasteiger partial charge in [-0.15, -0.1) is 0 Å². The Labute approximate surface area is 173 Å². The number of hydrogen-bond donors (Lipinski definition) is 0. The molecule has 0 bridgehead atoms. The number of sulfonamides is 1. The lowest BCUT2D eigenvalue weighted by Gasteiger charge is -2.32. The molecule has 8 heteroatoms. The molecule has 158 valence electrons. The number of hydrogen-bond acceptors (Lipinski definition) is 4. The minimum absolute atomic E-state index is 0.0723. The van der Waals surface area contributed by atoms with E-state index < -0.39 is 10.0 Å². The Morgan fingerprint density at radius 2 is 1.90 bits per heavy atom. The van der Waals surface area contributed by atoms with Gasteiger partial charge in [-0.25, -0.2) is 17.4 Å². The monoisotopic (exact) mass is 418 g/mol. The van der Waals surface area contributed by atoms with Crippen molar-refractivity contribution < 1.29 is 13.2 Å². The molecule has 1 aromatic carbocycles. The van der Waals surface area contributed by atoms with Crippen molar-refractivity contribution in [1.29, 1.82) is 0 Å². The second-order valence-electron chi connectivity index (χ2n) is 7.67. The van der Waals surface area contributed by atoms with Gasteiger partial charge in [-0.2, -0.15) is 5.10 Å². The Morgan fingerprint density at radius 3 is 2.55 bits per heavy atom. The van der Waals surface area contributed by atoms with Gasteiger partial charge in [0.05, 0.1) is 17.6 Å². The molecule has 0 aliphatic carbocycles. The Balaban J connectivity index is 1.53. The van der Waals surface area contributed by atoms with E-state index in [1.54, 1.807) is 27.1 Å². The second-order valence-corrected chi connectivity index (χ2v) is 9.75. The second kappa shape index (κ2) is 9.54. The molecule has 1 aliphatic rings. The lowest BCUT2D eigenvalue weighted by atomic mass is 9.96. The minimum Gasteiger partial charge on any atom is -0.341 e. The molecule has 2 heterocycles. The molecule has 29 heavy (non-hydrogen) atoms. The predicted molar refractivity (Wildman–Crippen MR) is 113 cm³/mol. The summed E-state index contributed by atoms with van der Waals surface area (Å²) in [4.78, 5) is 14.6. The molecule has 1 aliphatic heterocycles. The average molecular weight is 419 g/mol. The van der Waals surface area contributed by atoms with E-state index in [1.807, 2.05) is 43.5 Å². The molecule has 1 fully saturated rings. The highest BCUT2D eigenvalue weighted by molar-refractivity contribution is 7.89. The van der Waals surface area contributed by atoms with E-state index in [1.165, 1.54) is 0 Å². The number of piperidine rings is 1. The van der Waals surface area contributed by atoms with Gasteiger partial charge >= 0.3 is 0 Å². The van der Waals surface area contributed by atoms with Crippen LogP contribution in [-0.4, -0.2) is 59.2 Å². The third-order valence-electron chi connectivity index (χ3n) is 5.41. The molecule has 2 aromatic rings. The Bertz CT molecular complexity index is 903. The van der Waals surface area contributed by atoms with Crippen molar-refractivity contribution in [3.8, 4) is 5.69 Å². The summed E-state index contributed by atoms with van der Waals surface area (Å²) in [6.45, 7) is 3.34. The SMILES string of the molecule is CCCCS(=O)(=O)N1CCC(C(=O)N(C)Cc2cnn(-c3ccccc3)c2)CC1. The van der Waals surface area contributed by atoms with Crippen LogP contribution in [0.1, 0.15) is 38.2 Å². The quantitative estimate of drug-likeness (QED) is 0.661. The first-order chi connectivity index (χ1) is 13.9. The number of amides is 1. The van der Waals surface area contributed by atoms with Gasteiger partial charge in [-0.05, 0) is 31.4 Å². The summed E-state index contributed by atoms with van der Waals surface area (Å²) < 4.78 is 28.0. The van der Waals surface area contributed by atoms with Crippen LogP contribution in [-0.2, 0) is 21.4 Å². The van der Waals surface area contributed by atoms with E-state index in [-0.39, 0.29) is 17.6 Å². The van der Waals surface area contributed by atoms with Crippen LogP contribution in [0.3, 0.4) is 0 Å². The first kappa shape index (κ1) is 21.5. The van der Waals surface area contributed by atoms with Gasteiger partial charge < -0.3 is 4.90 Å². The number of rotatable bonds is 8. The number of unbranched alkanes of at least 4 members (excludes halogenated alkanes) is 1. The molecule has 0 radical (unpaired) electrons. The van der Waals surface area contributed by atoms with Crippen molar-refractivity contribution in [2.45, 2.75) is 39.2 Å². The first-order valence-corrected chi connectivity index (χ1v) is 11.8. The van der Waals surface area contributed by atoms with E-state index in [9.17, 15) is 13.2 Å². The highest BCUT2D eigenvalue weighted by atomic mass is 32.2. The van der Waals surface area contributed by atoms with E-state index in [0.717, 1.165) is 17.7 Å². The summed E-state index contributed by atoms with van der Waals surface area (Å²) in [5.41, 5.74) is 1.94. The molecule has 7 nitrogen and oxygen atoms in total. The van der Waals surface area contributed by atoms with Crippen molar-refractivity contribution in [3.05, 3.63) is 48.3 Å². The molecule has 0 atom stereocenters. The van der Waals surface area contributed by atoms with E-state index in [2.05, 4.69) is 5.10 Å². The van der Waals surface area contributed by atoms with Gasteiger partial charge in [0.15, 0.2) is 0 Å². The maximum Gasteiger partial charge on any atom is 0.225 e. The molecule has 0 saturated carbocycles. The van der Waals surface area contributed by atoms with Gasteiger partial charge in [0.25, 0.3) is 0 Å². The standard InChI is InChI=1S/C21H30N4O3S/c1-3-4-14-29(27,28)24-12-10-19(11-13-24)21(26)23(2)16-18-15-22-25(17-18)20-8-6-5-7-9-20/h5-9,15,17,19H,3-4,10-14,16H2,1-2H3. The van der Waals surface area contributed by atoms with Crippen molar-refractivity contribution >= 4 is 15.9 Å². The minimum atomic E-state index is -3.19. The topological polar surface area (TPSA) is 75.5 Å². The van der Waals surface area contributed by atoms with Crippen LogP contribution in [0.5, 0.6) is 0 Å². The van der Waals surface area contributed by atoms with Gasteiger partial charge in [0, 0.05) is 44.4 Å². The highest BCUT2D eigenvalue weighted by Gasteiger charge is 2.32. The Hall–Kier alpha value is -2.19. The van der Waals surface area contributed by atoms with Crippen LogP contribution in [0.2, 0.25) is 0 Å². The molecule has 0 spiro atoms. The normalized spacial score (nSPS) is 16.1. The molecule has 1 saturated heterocycles. The van der Waals surface area contributed by atoms with E-state index >= 15 is 0 Å². The fraction of sp³-hybridized carbons (Fsp3) is 0.524. The van der Waals surface area contributed by atoms with Crippen LogP contribution >= 0.6 is 0 Å². The van der Waals surface area contributed by atoms with Gasteiger partial charge in [-0.3, -0.25) is 4.79 Å². The molecule has 3 rings (SSSR count). The maximum atomic E-state index is 12.8. The van der Waals surface area contributed by atoms with Gasteiger partial charge in [-0.1, -0.05) is 31.5 Å². The summed E-state index contributed by atoms with van der Waals surface area (Å²) in [5, 5.41) is 4.38. The summed E-state index contributed by atoms with van der Waals surface area (Å²) in [7, 11) is -1.39. The third kappa shape index (κ3) is 5.45. The van der Waals surface area contributed by atoms with E-state index in [0.29, 0.717) is 38.9 Å². The van der Waals surface area contributed by atoms with Crippen LogP contribution in [0.25, 0.3) is 5.69 Å². The summed E-state index contributed by atoms with van der Waals surface area (Å²) in [5.74, 6) is 0.151. The lowest BCUT2D eigenvalue weighted by Crippen LogP contribution is -2.44. The zero-order valence-electron chi connectivity index (χ0n) is 17.2. The number of aromatic nitrogens is 2. The molecule has 0 unspecified atom stereocenters. The lowest BCUT2D eigenvalue weighted by molar-refractivity contribution is -0.135. The van der Waals surface area contributed by atoms with Crippen molar-refractivity contribution in [1.82, 2.24) is 19.0 Å². The Kier molecular flexibility index (Phi) is 7.08.